The molecule has 0 spiro atoms. The van der Waals surface area contributed by atoms with E-state index in [0.717, 1.165) is 5.69 Å². The standard InChI is InChI=1S/C13H17N3O3/c1-3-19-12(17)6-7-16-13(18)9-4-5-11(15-2)10(14)8-9/h4-5,8H,1,3,6-7,14H2,2H3,(H-,15,16,18)/p+1. The minimum atomic E-state index is -0.389. The van der Waals surface area contributed by atoms with E-state index in [1.54, 1.807) is 25.2 Å². The number of hydrogen-bond acceptors (Lipinski definition) is 5. The van der Waals surface area contributed by atoms with Gasteiger partial charge in [-0.15, -0.1) is 0 Å². The normalized spacial score (nSPS) is 9.74. The molecule has 1 rings (SSSR count). The number of rotatable bonds is 6. The van der Waals surface area contributed by atoms with Gasteiger partial charge in [-0.2, -0.15) is 0 Å². The second kappa shape index (κ2) is 7.15. The first-order valence-corrected chi connectivity index (χ1v) is 5.88. The number of amides is 1. The zero-order chi connectivity index (χ0) is 14.3. The number of ether oxygens (including phenoxy) is 1. The van der Waals surface area contributed by atoms with Gasteiger partial charge in [-0.3, -0.25) is 9.59 Å². The summed E-state index contributed by atoms with van der Waals surface area (Å²) in [7, 11) is 1.75. The lowest BCUT2D eigenvalue weighted by Gasteiger charge is -2.08. The predicted octanol–water partition coefficient (Wildman–Crippen LogP) is 0.808. The van der Waals surface area contributed by atoms with Crippen molar-refractivity contribution in [3.05, 3.63) is 30.7 Å². The molecule has 0 saturated heterocycles. The lowest BCUT2D eigenvalue weighted by Crippen LogP contribution is -2.26. The highest BCUT2D eigenvalue weighted by Crippen LogP contribution is 2.18. The Balaban J connectivity index is 2.50. The summed E-state index contributed by atoms with van der Waals surface area (Å²) < 4.78 is 4.65. The van der Waals surface area contributed by atoms with Crippen LogP contribution >= 0.6 is 0 Å². The van der Waals surface area contributed by atoms with Crippen molar-refractivity contribution < 1.29 is 14.3 Å². The van der Waals surface area contributed by atoms with E-state index in [4.69, 9.17) is 5.73 Å². The van der Waals surface area contributed by atoms with Crippen LogP contribution in [0.3, 0.4) is 0 Å². The van der Waals surface area contributed by atoms with Crippen molar-refractivity contribution in [1.29, 1.82) is 0 Å². The molecule has 0 aliphatic carbocycles. The van der Waals surface area contributed by atoms with Gasteiger partial charge in [0, 0.05) is 19.2 Å². The molecule has 19 heavy (non-hydrogen) atoms. The quantitative estimate of drug-likeness (QED) is 0.401. The fourth-order valence-electron chi connectivity index (χ4n) is 1.50. The monoisotopic (exact) mass is 264 g/mol. The van der Waals surface area contributed by atoms with Gasteiger partial charge < -0.3 is 21.1 Å². The van der Waals surface area contributed by atoms with Gasteiger partial charge in [-0.25, -0.2) is 0 Å². The van der Waals surface area contributed by atoms with Gasteiger partial charge in [0.15, 0.2) is 0 Å². The lowest BCUT2D eigenvalue weighted by atomic mass is 10.1. The lowest BCUT2D eigenvalue weighted by molar-refractivity contribution is -0.142. The van der Waals surface area contributed by atoms with Crippen LogP contribution in [0, 0.1) is 6.92 Å². The van der Waals surface area contributed by atoms with Crippen LogP contribution in [0.25, 0.3) is 0 Å². The summed E-state index contributed by atoms with van der Waals surface area (Å²) in [6.45, 7) is 3.70. The number of esters is 1. The van der Waals surface area contributed by atoms with Crippen LogP contribution in [0.4, 0.5) is 11.4 Å². The Kier molecular flexibility index (Phi) is 5.53. The summed E-state index contributed by atoms with van der Waals surface area (Å²) in [4.78, 5) is 22.8. The second-order valence-corrected chi connectivity index (χ2v) is 3.78. The van der Waals surface area contributed by atoms with Gasteiger partial charge in [0.25, 0.3) is 5.91 Å². The topological polar surface area (TPSA) is 93.4 Å². The number of nitrogens with one attached hydrogen (secondary N) is 2. The van der Waals surface area contributed by atoms with Gasteiger partial charge in [-0.05, 0) is 18.2 Å². The van der Waals surface area contributed by atoms with E-state index in [0.29, 0.717) is 11.3 Å². The van der Waals surface area contributed by atoms with Crippen LogP contribution in [-0.4, -0.2) is 32.1 Å². The molecule has 0 fully saturated rings. The molecule has 0 saturated carbocycles. The highest BCUT2D eigenvalue weighted by molar-refractivity contribution is 5.96. The van der Waals surface area contributed by atoms with Crippen LogP contribution < -0.4 is 16.4 Å². The molecule has 102 valence electrons. The Morgan fingerprint density at radius 2 is 2.16 bits per heavy atom. The molecule has 6 nitrogen and oxygen atoms in total. The van der Waals surface area contributed by atoms with Gasteiger partial charge >= 0.3 is 5.97 Å². The van der Waals surface area contributed by atoms with Gasteiger partial charge in [0.05, 0.1) is 17.8 Å². The number of nitrogens with two attached hydrogens (primary N) is 1. The summed E-state index contributed by atoms with van der Waals surface area (Å²) in [6, 6.07) is 4.96. The fraction of sp³-hybridized carbons (Fsp3) is 0.308. The van der Waals surface area contributed by atoms with Gasteiger partial charge in [0.2, 0.25) is 6.61 Å². The molecule has 0 aliphatic rings. The van der Waals surface area contributed by atoms with E-state index in [-0.39, 0.29) is 31.4 Å². The first-order valence-electron chi connectivity index (χ1n) is 5.88. The van der Waals surface area contributed by atoms with E-state index in [9.17, 15) is 9.59 Å². The smallest absolute Gasteiger partial charge is 0.310 e. The van der Waals surface area contributed by atoms with E-state index in [2.05, 4.69) is 22.3 Å². The largest absolute Gasteiger partial charge is 0.423 e. The summed E-state index contributed by atoms with van der Waals surface area (Å²) in [5.41, 5.74) is 7.46. The van der Waals surface area contributed by atoms with Crippen LogP contribution in [0.2, 0.25) is 0 Å². The summed E-state index contributed by atoms with van der Waals surface area (Å²) in [5, 5.41) is 5.53. The van der Waals surface area contributed by atoms with Crippen molar-refractivity contribution >= 4 is 23.3 Å². The predicted molar refractivity (Wildman–Crippen MR) is 73.7 cm³/mol. The van der Waals surface area contributed by atoms with Crippen molar-refractivity contribution in [3.8, 4) is 0 Å². The van der Waals surface area contributed by atoms with E-state index in [1.807, 2.05) is 0 Å². The molecule has 0 heterocycles. The molecule has 1 aromatic carbocycles. The van der Waals surface area contributed by atoms with Crippen molar-refractivity contribution in [3.63, 3.8) is 0 Å². The maximum Gasteiger partial charge on any atom is 0.310 e. The van der Waals surface area contributed by atoms with Gasteiger partial charge in [0.1, 0.15) is 6.92 Å². The van der Waals surface area contributed by atoms with Crippen molar-refractivity contribution in [2.24, 2.45) is 0 Å². The molecule has 0 aromatic heterocycles. The fourth-order valence-corrected chi connectivity index (χ4v) is 1.50. The summed E-state index contributed by atoms with van der Waals surface area (Å²) >= 11 is 0. The van der Waals surface area contributed by atoms with Gasteiger partial charge in [-0.1, -0.05) is 0 Å². The Labute approximate surface area is 112 Å². The highest BCUT2D eigenvalue weighted by Gasteiger charge is 2.09. The molecule has 6 heteroatoms. The first kappa shape index (κ1) is 14.7. The minimum Gasteiger partial charge on any atom is -0.423 e. The molecule has 4 N–H and O–H groups in total. The van der Waals surface area contributed by atoms with Crippen molar-refractivity contribution in [2.45, 2.75) is 6.42 Å². The first-order chi connectivity index (χ1) is 9.08. The Bertz CT molecular complexity index is 460. The Morgan fingerprint density at radius 1 is 1.42 bits per heavy atom. The zero-order valence-corrected chi connectivity index (χ0v) is 10.9. The molecule has 0 aliphatic heterocycles. The minimum absolute atomic E-state index is 0.0921. The number of benzene rings is 1. The van der Waals surface area contributed by atoms with Crippen molar-refractivity contribution in [1.82, 2.24) is 5.32 Å². The average Bonchev–Trinajstić information content (AvgIpc) is 2.38. The van der Waals surface area contributed by atoms with Crippen molar-refractivity contribution in [2.75, 3.05) is 31.2 Å². The number of nitrogen functional groups attached to an aromatic ring is 1. The molecule has 0 atom stereocenters. The Hall–Kier alpha value is -2.37. The molecule has 1 amide bonds. The average molecular weight is 264 g/mol. The maximum absolute atomic E-state index is 11.8. The molecule has 1 aromatic rings. The Morgan fingerprint density at radius 3 is 2.74 bits per heavy atom. The maximum atomic E-state index is 11.8. The number of hydrogen-bond donors (Lipinski definition) is 3. The highest BCUT2D eigenvalue weighted by atomic mass is 16.5. The number of anilines is 2. The molecule has 0 radical (unpaired) electrons. The van der Waals surface area contributed by atoms with E-state index in [1.165, 1.54) is 0 Å². The van der Waals surface area contributed by atoms with Crippen LogP contribution in [0.15, 0.2) is 18.2 Å². The number of carbonyl (C=O) groups is 2. The molecular weight excluding hydrogens is 246 g/mol. The molecule has 0 unspecified atom stereocenters. The third-order valence-electron chi connectivity index (χ3n) is 2.46. The third-order valence-corrected chi connectivity index (χ3v) is 2.46. The molecule has 0 bridgehead atoms. The number of carbonyl (C=O) groups excluding carboxylic acids is 2. The van der Waals surface area contributed by atoms with Crippen LogP contribution in [-0.2, 0) is 9.53 Å². The van der Waals surface area contributed by atoms with E-state index < -0.39 is 0 Å². The van der Waals surface area contributed by atoms with Crippen LogP contribution in [0.5, 0.6) is 0 Å². The zero-order valence-electron chi connectivity index (χ0n) is 10.9. The molecular formula is C13H18N3O3+. The van der Waals surface area contributed by atoms with E-state index >= 15 is 0 Å². The SMILES string of the molecule is [CH2+]COC(=O)CCNC(=O)c1ccc(NC)c(N)c1. The summed E-state index contributed by atoms with van der Waals surface area (Å²) in [5.74, 6) is -0.669. The second-order valence-electron chi connectivity index (χ2n) is 3.78. The summed E-state index contributed by atoms with van der Waals surface area (Å²) in [6.07, 6.45) is 0.116. The van der Waals surface area contributed by atoms with Crippen LogP contribution in [0.1, 0.15) is 16.8 Å². The third kappa shape index (κ3) is 4.42.